The van der Waals surface area contributed by atoms with Crippen molar-refractivity contribution in [3.8, 4) is 11.4 Å². The zero-order valence-electron chi connectivity index (χ0n) is 14.2. The zero-order chi connectivity index (χ0) is 18.7. The van der Waals surface area contributed by atoms with Gasteiger partial charge in [-0.2, -0.15) is 5.10 Å². The second-order valence-electron chi connectivity index (χ2n) is 5.69. The maximum absolute atomic E-state index is 13.8. The van der Waals surface area contributed by atoms with Gasteiger partial charge in [-0.1, -0.05) is 18.2 Å². The normalized spacial score (nSPS) is 11.8. The van der Waals surface area contributed by atoms with E-state index >= 15 is 0 Å². The van der Waals surface area contributed by atoms with Gasteiger partial charge in [-0.15, -0.1) is 0 Å². The second kappa shape index (κ2) is 7.35. The summed E-state index contributed by atoms with van der Waals surface area (Å²) in [7, 11) is 1.38. The minimum atomic E-state index is -0.474. The van der Waals surface area contributed by atoms with Crippen LogP contribution < -0.4 is 10.1 Å². The fourth-order valence-electron chi connectivity index (χ4n) is 2.52. The Labute approximate surface area is 149 Å². The summed E-state index contributed by atoms with van der Waals surface area (Å²) in [6.45, 7) is 1.76. The van der Waals surface area contributed by atoms with Gasteiger partial charge < -0.3 is 10.1 Å². The molecule has 0 aliphatic heterocycles. The highest BCUT2D eigenvalue weighted by molar-refractivity contribution is 5.92. The van der Waals surface area contributed by atoms with E-state index in [1.165, 1.54) is 42.3 Å². The topological polar surface area (TPSA) is 56.1 Å². The van der Waals surface area contributed by atoms with E-state index < -0.39 is 23.6 Å². The van der Waals surface area contributed by atoms with E-state index in [1.807, 2.05) is 0 Å². The Morgan fingerprint density at radius 1 is 1.15 bits per heavy atom. The quantitative estimate of drug-likeness (QED) is 0.758. The van der Waals surface area contributed by atoms with E-state index in [0.29, 0.717) is 5.56 Å². The average Bonchev–Trinajstić information content (AvgIpc) is 3.12. The highest BCUT2D eigenvalue weighted by Crippen LogP contribution is 2.22. The number of carbonyl (C=O) groups is 1. The van der Waals surface area contributed by atoms with Crippen molar-refractivity contribution in [3.63, 3.8) is 0 Å². The van der Waals surface area contributed by atoms with Crippen LogP contribution in [0.5, 0.6) is 5.75 Å². The van der Waals surface area contributed by atoms with Crippen LogP contribution in [0, 0.1) is 11.6 Å². The van der Waals surface area contributed by atoms with Crippen LogP contribution in [0.1, 0.15) is 29.0 Å². The van der Waals surface area contributed by atoms with E-state index in [4.69, 9.17) is 4.74 Å². The van der Waals surface area contributed by atoms with Gasteiger partial charge in [-0.25, -0.2) is 13.5 Å². The number of ether oxygens (including phenoxy) is 1. The summed E-state index contributed by atoms with van der Waals surface area (Å²) in [4.78, 5) is 12.4. The molecule has 2 aromatic carbocycles. The largest absolute Gasteiger partial charge is 0.494 e. The Bertz CT molecular complexity index is 940. The number of hydrogen-bond acceptors (Lipinski definition) is 3. The Morgan fingerprint density at radius 2 is 1.92 bits per heavy atom. The molecule has 5 nitrogen and oxygen atoms in total. The molecule has 3 rings (SSSR count). The summed E-state index contributed by atoms with van der Waals surface area (Å²) >= 11 is 0. The molecular weight excluding hydrogens is 340 g/mol. The van der Waals surface area contributed by atoms with Crippen LogP contribution in [0.2, 0.25) is 0 Å². The molecule has 0 bridgehead atoms. The van der Waals surface area contributed by atoms with E-state index in [9.17, 15) is 13.6 Å². The summed E-state index contributed by atoms with van der Waals surface area (Å²) < 4.78 is 33.6. The molecule has 3 aromatic rings. The molecule has 0 saturated carbocycles. The summed E-state index contributed by atoms with van der Waals surface area (Å²) in [5, 5.41) is 6.89. The van der Waals surface area contributed by atoms with Gasteiger partial charge in [0.25, 0.3) is 5.91 Å². The maximum atomic E-state index is 13.8. The van der Waals surface area contributed by atoms with Gasteiger partial charge in [0.1, 0.15) is 11.5 Å². The monoisotopic (exact) mass is 357 g/mol. The molecule has 7 heteroatoms. The number of amides is 1. The standard InChI is InChI=1S/C19H17F2N3O2/c1-12(13-7-8-15(21)18(11-13)26-2)22-19(25)16-9-10-24(23-16)17-6-4-3-5-14(17)20/h3-12H,1-2H3,(H,22,25). The van der Waals surface area contributed by atoms with Gasteiger partial charge in [0.2, 0.25) is 0 Å². The maximum Gasteiger partial charge on any atom is 0.272 e. The number of benzene rings is 2. The molecule has 0 spiro atoms. The lowest BCUT2D eigenvalue weighted by molar-refractivity contribution is 0.0934. The van der Waals surface area contributed by atoms with E-state index in [1.54, 1.807) is 31.2 Å². The number of hydrogen-bond donors (Lipinski definition) is 1. The lowest BCUT2D eigenvalue weighted by Crippen LogP contribution is -2.27. The molecule has 1 heterocycles. The third-order valence-corrected chi connectivity index (χ3v) is 3.94. The molecule has 0 aliphatic carbocycles. The molecule has 26 heavy (non-hydrogen) atoms. The van der Waals surface area contributed by atoms with Crippen LogP contribution in [0.25, 0.3) is 5.69 Å². The van der Waals surface area contributed by atoms with Gasteiger partial charge in [-0.3, -0.25) is 4.79 Å². The lowest BCUT2D eigenvalue weighted by Gasteiger charge is -2.14. The van der Waals surface area contributed by atoms with Gasteiger partial charge in [0.15, 0.2) is 17.3 Å². The van der Waals surface area contributed by atoms with Crippen LogP contribution in [0.3, 0.4) is 0 Å². The number of nitrogens with zero attached hydrogens (tertiary/aromatic N) is 2. The summed E-state index contributed by atoms with van der Waals surface area (Å²) in [5.74, 6) is -1.23. The number of para-hydroxylation sites is 1. The lowest BCUT2D eigenvalue weighted by atomic mass is 10.1. The van der Waals surface area contributed by atoms with Gasteiger partial charge in [0.05, 0.1) is 13.2 Å². The van der Waals surface area contributed by atoms with Crippen molar-refractivity contribution >= 4 is 5.91 Å². The molecule has 134 valence electrons. The number of carbonyl (C=O) groups excluding carboxylic acids is 1. The molecule has 0 aliphatic rings. The van der Waals surface area contributed by atoms with Crippen molar-refractivity contribution in [2.24, 2.45) is 0 Å². The molecule has 1 atom stereocenters. The van der Waals surface area contributed by atoms with Crippen LogP contribution in [-0.4, -0.2) is 22.8 Å². The first kappa shape index (κ1) is 17.6. The van der Waals surface area contributed by atoms with Gasteiger partial charge >= 0.3 is 0 Å². The minimum Gasteiger partial charge on any atom is -0.494 e. The Balaban J connectivity index is 1.75. The van der Waals surface area contributed by atoms with Crippen LogP contribution >= 0.6 is 0 Å². The molecule has 1 aromatic heterocycles. The Hall–Kier alpha value is -3.22. The first-order valence-corrected chi connectivity index (χ1v) is 7.94. The SMILES string of the molecule is COc1cc(C(C)NC(=O)c2ccn(-c3ccccc3F)n2)ccc1F. The highest BCUT2D eigenvalue weighted by atomic mass is 19.1. The summed E-state index contributed by atoms with van der Waals surface area (Å²) in [6, 6.07) is 11.6. The molecule has 0 fully saturated rings. The molecule has 1 N–H and O–H groups in total. The third kappa shape index (κ3) is 3.56. The number of rotatable bonds is 5. The number of methoxy groups -OCH3 is 1. The zero-order valence-corrected chi connectivity index (χ0v) is 14.2. The Kier molecular flexibility index (Phi) is 4.97. The molecular formula is C19H17F2N3O2. The number of aromatic nitrogens is 2. The van der Waals surface area contributed by atoms with Gasteiger partial charge in [-0.05, 0) is 42.8 Å². The molecule has 1 unspecified atom stereocenters. The average molecular weight is 357 g/mol. The minimum absolute atomic E-state index is 0.104. The number of nitrogens with one attached hydrogen (secondary N) is 1. The smallest absolute Gasteiger partial charge is 0.272 e. The fraction of sp³-hybridized carbons (Fsp3) is 0.158. The second-order valence-corrected chi connectivity index (χ2v) is 5.69. The van der Waals surface area contributed by atoms with Crippen molar-refractivity contribution in [2.45, 2.75) is 13.0 Å². The fourth-order valence-corrected chi connectivity index (χ4v) is 2.52. The summed E-state index contributed by atoms with van der Waals surface area (Å²) in [5.41, 5.74) is 1.09. The van der Waals surface area contributed by atoms with Crippen molar-refractivity contribution in [1.82, 2.24) is 15.1 Å². The van der Waals surface area contributed by atoms with E-state index in [2.05, 4.69) is 10.4 Å². The van der Waals surface area contributed by atoms with Gasteiger partial charge in [0, 0.05) is 6.20 Å². The van der Waals surface area contributed by atoms with Crippen molar-refractivity contribution < 1.29 is 18.3 Å². The molecule has 0 radical (unpaired) electrons. The van der Waals surface area contributed by atoms with Crippen LogP contribution in [0.4, 0.5) is 8.78 Å². The predicted octanol–water partition coefficient (Wildman–Crippen LogP) is 3.65. The molecule has 0 saturated heterocycles. The Morgan fingerprint density at radius 3 is 2.65 bits per heavy atom. The first-order valence-electron chi connectivity index (χ1n) is 7.94. The number of halogens is 2. The predicted molar refractivity (Wildman–Crippen MR) is 92.4 cm³/mol. The molecule has 1 amide bonds. The van der Waals surface area contributed by atoms with E-state index in [-0.39, 0.29) is 17.1 Å². The van der Waals surface area contributed by atoms with Crippen LogP contribution in [-0.2, 0) is 0 Å². The van der Waals surface area contributed by atoms with E-state index in [0.717, 1.165) is 0 Å². The van der Waals surface area contributed by atoms with Crippen molar-refractivity contribution in [1.29, 1.82) is 0 Å². The van der Waals surface area contributed by atoms with Crippen LogP contribution in [0.15, 0.2) is 54.7 Å². The third-order valence-electron chi connectivity index (χ3n) is 3.94. The summed E-state index contributed by atoms with van der Waals surface area (Å²) in [6.07, 6.45) is 1.51. The first-order chi connectivity index (χ1) is 12.5. The van der Waals surface area contributed by atoms with Crippen molar-refractivity contribution in [2.75, 3.05) is 7.11 Å². The highest BCUT2D eigenvalue weighted by Gasteiger charge is 2.16. The van der Waals surface area contributed by atoms with Crippen molar-refractivity contribution in [3.05, 3.63) is 77.6 Å².